The Morgan fingerprint density at radius 2 is 1.33 bits per heavy atom. The van der Waals surface area contributed by atoms with Crippen molar-refractivity contribution in [2.75, 3.05) is 0 Å². The highest BCUT2D eigenvalue weighted by Gasteiger charge is 2.30. The Morgan fingerprint density at radius 3 is 1.76 bits per heavy atom. The van der Waals surface area contributed by atoms with Crippen LogP contribution in [0, 0.1) is 11.6 Å². The van der Waals surface area contributed by atoms with E-state index in [0.717, 1.165) is 11.1 Å². The number of ether oxygens (including phenoxy) is 1. The molecule has 1 saturated heterocycles. The van der Waals surface area contributed by atoms with Gasteiger partial charge in [-0.05, 0) is 48.2 Å². The summed E-state index contributed by atoms with van der Waals surface area (Å²) < 4.78 is 32.7. The molecule has 0 amide bonds. The fraction of sp³-hybridized carbons (Fsp3) is 0.294. The predicted molar refractivity (Wildman–Crippen MR) is 78.2 cm³/mol. The van der Waals surface area contributed by atoms with Crippen LogP contribution in [0.15, 0.2) is 48.5 Å². The van der Waals surface area contributed by atoms with Gasteiger partial charge in [0.2, 0.25) is 0 Å². The third kappa shape index (κ3) is 3.42. The fourth-order valence-corrected chi connectivity index (χ4v) is 3.04. The Labute approximate surface area is 127 Å². The van der Waals surface area contributed by atoms with Gasteiger partial charge in [-0.3, -0.25) is 0 Å². The minimum Gasteiger partial charge on any atom is -0.365 e. The van der Waals surface area contributed by atoms with Crippen LogP contribution < -0.4 is 0 Å². The third-order valence-corrected chi connectivity index (χ3v) is 4.07. The Balaban J connectivity index is 1.85. The topological polar surface area (TPSA) is 9.23 Å². The van der Waals surface area contributed by atoms with E-state index < -0.39 is 0 Å². The van der Waals surface area contributed by atoms with Crippen LogP contribution in [-0.4, -0.2) is 5.38 Å². The molecule has 0 spiro atoms. The second-order valence-corrected chi connectivity index (χ2v) is 5.91. The van der Waals surface area contributed by atoms with Crippen LogP contribution in [0.25, 0.3) is 0 Å². The summed E-state index contributed by atoms with van der Waals surface area (Å²) in [6, 6.07) is 12.7. The van der Waals surface area contributed by atoms with E-state index in [4.69, 9.17) is 16.3 Å². The molecule has 2 aromatic carbocycles. The smallest absolute Gasteiger partial charge is 0.123 e. The van der Waals surface area contributed by atoms with Crippen LogP contribution >= 0.6 is 11.6 Å². The van der Waals surface area contributed by atoms with E-state index in [1.165, 1.54) is 24.3 Å². The van der Waals surface area contributed by atoms with E-state index in [1.807, 2.05) is 12.1 Å². The molecule has 4 heteroatoms. The molecule has 0 bridgehead atoms. The standard InChI is InChI=1S/C17H15ClF2O/c18-13-9-16(11-3-1-5-14(19)7-11)21-17(10-13)12-4-2-6-15(20)8-12/h1-8,13,16-17H,9-10H2/t13?,16-,17+. The van der Waals surface area contributed by atoms with Crippen LogP contribution in [0.5, 0.6) is 0 Å². The molecule has 3 rings (SSSR count). The van der Waals surface area contributed by atoms with Crippen molar-refractivity contribution in [3.05, 3.63) is 71.3 Å². The maximum absolute atomic E-state index is 13.4. The van der Waals surface area contributed by atoms with E-state index in [1.54, 1.807) is 12.1 Å². The summed E-state index contributed by atoms with van der Waals surface area (Å²) in [6.07, 6.45) is 0.698. The first kappa shape index (κ1) is 14.5. The van der Waals surface area contributed by atoms with E-state index in [2.05, 4.69) is 0 Å². The molecule has 1 unspecified atom stereocenters. The zero-order valence-electron chi connectivity index (χ0n) is 11.3. The number of hydrogen-bond acceptors (Lipinski definition) is 1. The molecule has 1 nitrogen and oxygen atoms in total. The molecule has 1 aliphatic heterocycles. The van der Waals surface area contributed by atoms with E-state index in [9.17, 15) is 8.78 Å². The summed E-state index contributed by atoms with van der Waals surface area (Å²) in [7, 11) is 0. The number of rotatable bonds is 2. The van der Waals surface area contributed by atoms with Crippen molar-refractivity contribution in [3.8, 4) is 0 Å². The third-order valence-electron chi connectivity index (χ3n) is 3.71. The van der Waals surface area contributed by atoms with E-state index in [0.29, 0.717) is 12.8 Å². The second-order valence-electron chi connectivity index (χ2n) is 5.29. The first-order valence-electron chi connectivity index (χ1n) is 6.92. The molecule has 0 aromatic heterocycles. The number of alkyl halides is 1. The molecule has 21 heavy (non-hydrogen) atoms. The van der Waals surface area contributed by atoms with E-state index in [-0.39, 0.29) is 29.2 Å². The van der Waals surface area contributed by atoms with Crippen molar-refractivity contribution in [2.45, 2.75) is 30.4 Å². The van der Waals surface area contributed by atoms with Crippen LogP contribution in [0.1, 0.15) is 36.2 Å². The molecule has 3 atom stereocenters. The van der Waals surface area contributed by atoms with Gasteiger partial charge in [0, 0.05) is 5.38 Å². The lowest BCUT2D eigenvalue weighted by molar-refractivity contribution is -0.0518. The molecule has 0 saturated carbocycles. The second kappa shape index (κ2) is 6.12. The van der Waals surface area contributed by atoms with Crippen molar-refractivity contribution in [2.24, 2.45) is 0 Å². The van der Waals surface area contributed by atoms with Crippen LogP contribution in [0.2, 0.25) is 0 Å². The van der Waals surface area contributed by atoms with Crippen molar-refractivity contribution in [1.82, 2.24) is 0 Å². The van der Waals surface area contributed by atoms with Gasteiger partial charge < -0.3 is 4.74 Å². The van der Waals surface area contributed by atoms with Gasteiger partial charge in [0.05, 0.1) is 12.2 Å². The highest BCUT2D eigenvalue weighted by atomic mass is 35.5. The molecule has 1 fully saturated rings. The summed E-state index contributed by atoms with van der Waals surface area (Å²) >= 11 is 6.32. The van der Waals surface area contributed by atoms with Crippen molar-refractivity contribution < 1.29 is 13.5 Å². The minimum atomic E-state index is -0.296. The van der Waals surface area contributed by atoms with Gasteiger partial charge in [0.25, 0.3) is 0 Å². The summed E-state index contributed by atoms with van der Waals surface area (Å²) in [5.41, 5.74) is 1.53. The summed E-state index contributed by atoms with van der Waals surface area (Å²) in [4.78, 5) is 0. The van der Waals surface area contributed by atoms with Gasteiger partial charge in [-0.15, -0.1) is 11.6 Å². The molecule has 110 valence electrons. The molecule has 1 aliphatic rings. The monoisotopic (exact) mass is 308 g/mol. The number of hydrogen-bond donors (Lipinski definition) is 0. The summed E-state index contributed by atoms with van der Waals surface area (Å²) in [6.45, 7) is 0. The Kier molecular flexibility index (Phi) is 4.22. The van der Waals surface area contributed by atoms with Gasteiger partial charge in [-0.25, -0.2) is 8.78 Å². The highest BCUT2D eigenvalue weighted by Crippen LogP contribution is 2.40. The molecule has 0 aliphatic carbocycles. The molecule has 0 radical (unpaired) electrons. The Hall–Kier alpha value is -1.45. The zero-order chi connectivity index (χ0) is 14.8. The van der Waals surface area contributed by atoms with Gasteiger partial charge in [0.1, 0.15) is 11.6 Å². The highest BCUT2D eigenvalue weighted by molar-refractivity contribution is 6.20. The summed E-state index contributed by atoms with van der Waals surface area (Å²) in [5.74, 6) is -0.592. The van der Waals surface area contributed by atoms with Crippen LogP contribution in [0.3, 0.4) is 0 Å². The lowest BCUT2D eigenvalue weighted by Gasteiger charge is -2.33. The molecule has 1 heterocycles. The maximum atomic E-state index is 13.4. The molecule has 2 aromatic rings. The first-order chi connectivity index (χ1) is 10.1. The maximum Gasteiger partial charge on any atom is 0.123 e. The van der Waals surface area contributed by atoms with Gasteiger partial charge in [-0.2, -0.15) is 0 Å². The average molecular weight is 309 g/mol. The largest absolute Gasteiger partial charge is 0.365 e. The van der Waals surface area contributed by atoms with Crippen molar-refractivity contribution in [1.29, 1.82) is 0 Å². The zero-order valence-corrected chi connectivity index (χ0v) is 12.1. The average Bonchev–Trinajstić information content (AvgIpc) is 2.46. The molecule has 0 N–H and O–H groups in total. The van der Waals surface area contributed by atoms with Crippen LogP contribution in [0.4, 0.5) is 8.78 Å². The Morgan fingerprint density at radius 1 is 0.857 bits per heavy atom. The van der Waals surface area contributed by atoms with Crippen molar-refractivity contribution >= 4 is 11.6 Å². The predicted octanol–water partition coefficient (Wildman–Crippen LogP) is 5.17. The lowest BCUT2D eigenvalue weighted by Crippen LogP contribution is -2.23. The normalized spacial score (nSPS) is 25.8. The van der Waals surface area contributed by atoms with Gasteiger partial charge in [0.15, 0.2) is 0 Å². The minimum absolute atomic E-state index is 0.0831. The van der Waals surface area contributed by atoms with Crippen LogP contribution in [-0.2, 0) is 4.74 Å². The SMILES string of the molecule is Fc1cccc([C@@H]2CC(Cl)C[C@H](c3cccc(F)c3)O2)c1. The number of halogens is 3. The van der Waals surface area contributed by atoms with Gasteiger partial charge >= 0.3 is 0 Å². The van der Waals surface area contributed by atoms with Crippen molar-refractivity contribution in [3.63, 3.8) is 0 Å². The molecular formula is C17H15ClF2O. The van der Waals surface area contributed by atoms with Gasteiger partial charge in [-0.1, -0.05) is 24.3 Å². The Bertz CT molecular complexity index is 578. The first-order valence-corrected chi connectivity index (χ1v) is 7.36. The van der Waals surface area contributed by atoms with E-state index >= 15 is 0 Å². The summed E-state index contributed by atoms with van der Waals surface area (Å²) in [5, 5.41) is -0.0831. The lowest BCUT2D eigenvalue weighted by atomic mass is 9.94. The molecular weight excluding hydrogens is 294 g/mol. The fourth-order valence-electron chi connectivity index (χ4n) is 2.71. The number of benzene rings is 2. The quantitative estimate of drug-likeness (QED) is 0.696.